The van der Waals surface area contributed by atoms with E-state index in [0.717, 1.165) is 18.1 Å². The van der Waals surface area contributed by atoms with Crippen molar-refractivity contribution in [2.75, 3.05) is 26.7 Å². The first-order valence-corrected chi connectivity index (χ1v) is 7.89. The van der Waals surface area contributed by atoms with Crippen LogP contribution in [-0.4, -0.2) is 31.6 Å². The summed E-state index contributed by atoms with van der Waals surface area (Å²) in [7, 11) is 1.72. The Kier molecular flexibility index (Phi) is 4.41. The Labute approximate surface area is 122 Å². The molecule has 2 aliphatic rings. The lowest BCUT2D eigenvalue weighted by molar-refractivity contribution is 0.225. The molecular weight excluding hydrogens is 246 g/mol. The van der Waals surface area contributed by atoms with E-state index < -0.39 is 0 Å². The van der Waals surface area contributed by atoms with Crippen molar-refractivity contribution in [1.29, 1.82) is 0 Å². The second-order valence-electron chi connectivity index (χ2n) is 6.07. The van der Waals surface area contributed by atoms with Gasteiger partial charge in [-0.2, -0.15) is 0 Å². The summed E-state index contributed by atoms with van der Waals surface area (Å²) in [6.07, 6.45) is 9.15. The van der Waals surface area contributed by atoms with E-state index in [2.05, 4.69) is 35.2 Å². The quantitative estimate of drug-likeness (QED) is 0.775. The van der Waals surface area contributed by atoms with E-state index >= 15 is 0 Å². The van der Waals surface area contributed by atoms with Gasteiger partial charge in [0.1, 0.15) is 5.75 Å². The van der Waals surface area contributed by atoms with E-state index in [-0.39, 0.29) is 0 Å². The monoisotopic (exact) mass is 271 g/mol. The van der Waals surface area contributed by atoms with Gasteiger partial charge in [-0.05, 0) is 62.3 Å². The minimum absolute atomic E-state index is 0.904. The number of benzene rings is 1. The van der Waals surface area contributed by atoms with E-state index in [1.807, 2.05) is 0 Å². The molecule has 1 saturated heterocycles. The standard InChI is InChI=1S/C18H25NO/c1-20-18-8-6-15(7-9-18)10-12-19-13-11-16-4-2-3-5-17(16)14-19/h5-9,16H,2-4,10-14H2,1H3. The maximum atomic E-state index is 5.20. The number of piperidine rings is 1. The first kappa shape index (κ1) is 13.7. The third-order valence-electron chi connectivity index (χ3n) is 4.76. The largest absolute Gasteiger partial charge is 0.497 e. The minimum atomic E-state index is 0.904. The molecule has 0 spiro atoms. The molecule has 0 N–H and O–H groups in total. The molecule has 1 unspecified atom stereocenters. The molecule has 0 saturated carbocycles. The minimum Gasteiger partial charge on any atom is -0.497 e. The Bertz CT molecular complexity index is 463. The number of hydrogen-bond acceptors (Lipinski definition) is 2. The number of methoxy groups -OCH3 is 1. The second kappa shape index (κ2) is 6.45. The molecule has 1 aliphatic heterocycles. The molecule has 3 rings (SSSR count). The SMILES string of the molecule is COc1ccc(CCN2CCC3CCCC=C3C2)cc1. The van der Waals surface area contributed by atoms with Crippen LogP contribution in [0.15, 0.2) is 35.9 Å². The van der Waals surface area contributed by atoms with Crippen molar-refractivity contribution in [3.63, 3.8) is 0 Å². The molecule has 1 aliphatic carbocycles. The Morgan fingerprint density at radius 1 is 1.20 bits per heavy atom. The van der Waals surface area contributed by atoms with E-state index in [1.165, 1.54) is 50.9 Å². The van der Waals surface area contributed by atoms with Gasteiger partial charge in [0.2, 0.25) is 0 Å². The van der Waals surface area contributed by atoms with Crippen molar-refractivity contribution in [3.05, 3.63) is 41.5 Å². The highest BCUT2D eigenvalue weighted by Gasteiger charge is 2.24. The molecule has 1 aromatic rings. The van der Waals surface area contributed by atoms with Crippen molar-refractivity contribution in [2.45, 2.75) is 32.1 Å². The predicted molar refractivity (Wildman–Crippen MR) is 83.2 cm³/mol. The number of allylic oxidation sites excluding steroid dienone is 1. The van der Waals surface area contributed by atoms with Gasteiger partial charge in [-0.1, -0.05) is 23.8 Å². The summed E-state index contributed by atoms with van der Waals surface area (Å²) in [5.41, 5.74) is 3.13. The molecule has 1 aromatic carbocycles. The molecule has 1 fully saturated rings. The van der Waals surface area contributed by atoms with E-state index in [9.17, 15) is 0 Å². The van der Waals surface area contributed by atoms with Crippen molar-refractivity contribution >= 4 is 0 Å². The maximum absolute atomic E-state index is 5.20. The molecular formula is C18H25NO. The topological polar surface area (TPSA) is 12.5 Å². The first-order chi connectivity index (χ1) is 9.85. The summed E-state index contributed by atoms with van der Waals surface area (Å²) in [5.74, 6) is 1.85. The van der Waals surface area contributed by atoms with Crippen molar-refractivity contribution < 1.29 is 4.74 Å². The number of hydrogen-bond donors (Lipinski definition) is 0. The zero-order chi connectivity index (χ0) is 13.8. The zero-order valence-corrected chi connectivity index (χ0v) is 12.5. The Hall–Kier alpha value is -1.28. The van der Waals surface area contributed by atoms with Crippen LogP contribution in [0.25, 0.3) is 0 Å². The van der Waals surface area contributed by atoms with Gasteiger partial charge in [0.15, 0.2) is 0 Å². The molecule has 0 bridgehead atoms. The van der Waals surface area contributed by atoms with Gasteiger partial charge in [0, 0.05) is 13.1 Å². The number of rotatable bonds is 4. The highest BCUT2D eigenvalue weighted by atomic mass is 16.5. The van der Waals surface area contributed by atoms with Crippen LogP contribution >= 0.6 is 0 Å². The summed E-state index contributed by atoms with van der Waals surface area (Å²) in [6, 6.07) is 8.49. The molecule has 0 radical (unpaired) electrons. The van der Waals surface area contributed by atoms with Gasteiger partial charge in [-0.25, -0.2) is 0 Å². The van der Waals surface area contributed by atoms with Crippen LogP contribution in [0.2, 0.25) is 0 Å². The Balaban J connectivity index is 1.52. The average Bonchev–Trinajstić information content (AvgIpc) is 2.53. The summed E-state index contributed by atoms with van der Waals surface area (Å²) in [6.45, 7) is 3.66. The lowest BCUT2D eigenvalue weighted by Crippen LogP contribution is -2.37. The molecule has 2 nitrogen and oxygen atoms in total. The van der Waals surface area contributed by atoms with Gasteiger partial charge in [0.05, 0.1) is 7.11 Å². The lowest BCUT2D eigenvalue weighted by Gasteiger charge is -2.36. The van der Waals surface area contributed by atoms with Crippen LogP contribution < -0.4 is 4.74 Å². The first-order valence-electron chi connectivity index (χ1n) is 7.89. The van der Waals surface area contributed by atoms with Gasteiger partial charge in [-0.15, -0.1) is 0 Å². The normalized spacial score (nSPS) is 23.1. The van der Waals surface area contributed by atoms with Crippen molar-refractivity contribution in [1.82, 2.24) is 4.90 Å². The molecule has 20 heavy (non-hydrogen) atoms. The van der Waals surface area contributed by atoms with Crippen LogP contribution in [-0.2, 0) is 6.42 Å². The third kappa shape index (κ3) is 3.24. The fraction of sp³-hybridized carbons (Fsp3) is 0.556. The van der Waals surface area contributed by atoms with Crippen molar-refractivity contribution in [2.24, 2.45) is 5.92 Å². The van der Waals surface area contributed by atoms with Crippen LogP contribution in [0.3, 0.4) is 0 Å². The Morgan fingerprint density at radius 2 is 2.05 bits per heavy atom. The van der Waals surface area contributed by atoms with Crippen LogP contribution in [0, 0.1) is 5.92 Å². The van der Waals surface area contributed by atoms with Gasteiger partial charge < -0.3 is 4.74 Å². The molecule has 108 valence electrons. The van der Waals surface area contributed by atoms with Crippen LogP contribution in [0.5, 0.6) is 5.75 Å². The summed E-state index contributed by atoms with van der Waals surface area (Å²) < 4.78 is 5.20. The molecule has 1 heterocycles. The molecule has 0 amide bonds. The van der Waals surface area contributed by atoms with E-state index in [4.69, 9.17) is 4.74 Å². The van der Waals surface area contributed by atoms with E-state index in [1.54, 1.807) is 12.7 Å². The number of ether oxygens (including phenoxy) is 1. The highest BCUT2D eigenvalue weighted by Crippen LogP contribution is 2.31. The Morgan fingerprint density at radius 3 is 2.85 bits per heavy atom. The lowest BCUT2D eigenvalue weighted by atomic mass is 9.82. The number of fused-ring (bicyclic) bond motifs is 1. The fourth-order valence-electron chi connectivity index (χ4n) is 3.47. The summed E-state index contributed by atoms with van der Waals surface area (Å²) >= 11 is 0. The second-order valence-corrected chi connectivity index (χ2v) is 6.07. The summed E-state index contributed by atoms with van der Waals surface area (Å²) in [4.78, 5) is 2.62. The fourth-order valence-corrected chi connectivity index (χ4v) is 3.47. The predicted octanol–water partition coefficient (Wildman–Crippen LogP) is 3.67. The number of nitrogens with zero attached hydrogens (tertiary/aromatic N) is 1. The van der Waals surface area contributed by atoms with Crippen molar-refractivity contribution in [3.8, 4) is 5.75 Å². The van der Waals surface area contributed by atoms with Gasteiger partial charge in [-0.3, -0.25) is 4.90 Å². The third-order valence-corrected chi connectivity index (χ3v) is 4.76. The van der Waals surface area contributed by atoms with Gasteiger partial charge >= 0.3 is 0 Å². The molecule has 1 atom stereocenters. The van der Waals surface area contributed by atoms with Crippen LogP contribution in [0.1, 0.15) is 31.2 Å². The number of likely N-dealkylation sites (tertiary alicyclic amines) is 1. The smallest absolute Gasteiger partial charge is 0.118 e. The summed E-state index contributed by atoms with van der Waals surface area (Å²) in [5, 5.41) is 0. The average molecular weight is 271 g/mol. The van der Waals surface area contributed by atoms with Gasteiger partial charge in [0.25, 0.3) is 0 Å². The van der Waals surface area contributed by atoms with Crippen LogP contribution in [0.4, 0.5) is 0 Å². The highest BCUT2D eigenvalue weighted by molar-refractivity contribution is 5.27. The molecule has 2 heteroatoms. The zero-order valence-electron chi connectivity index (χ0n) is 12.5. The van der Waals surface area contributed by atoms with E-state index in [0.29, 0.717) is 0 Å². The molecule has 0 aromatic heterocycles. The maximum Gasteiger partial charge on any atom is 0.118 e.